The summed E-state index contributed by atoms with van der Waals surface area (Å²) < 4.78 is 5.57. The van der Waals surface area contributed by atoms with Crippen LogP contribution in [-0.4, -0.2) is 52.9 Å². The highest BCUT2D eigenvalue weighted by molar-refractivity contribution is 5.90. The molecule has 1 aliphatic rings. The minimum atomic E-state index is -0.977. The van der Waals surface area contributed by atoms with Gasteiger partial charge in [-0.1, -0.05) is 12.1 Å². The first-order valence-corrected chi connectivity index (χ1v) is 6.88. The predicted molar refractivity (Wildman–Crippen MR) is 75.2 cm³/mol. The van der Waals surface area contributed by atoms with Crippen molar-refractivity contribution in [3.05, 3.63) is 29.8 Å². The molecule has 0 radical (unpaired) electrons. The van der Waals surface area contributed by atoms with Crippen LogP contribution in [0, 0.1) is 0 Å². The van der Waals surface area contributed by atoms with Crippen molar-refractivity contribution >= 4 is 5.97 Å². The van der Waals surface area contributed by atoms with Crippen LogP contribution < -0.4 is 4.74 Å². The number of aliphatic hydroxyl groups is 1. The van der Waals surface area contributed by atoms with Crippen molar-refractivity contribution in [2.45, 2.75) is 25.4 Å². The van der Waals surface area contributed by atoms with Crippen molar-refractivity contribution < 1.29 is 19.7 Å². The molecule has 1 aromatic rings. The van der Waals surface area contributed by atoms with Crippen LogP contribution in [0.3, 0.4) is 0 Å². The van der Waals surface area contributed by atoms with E-state index in [4.69, 9.17) is 9.84 Å². The van der Waals surface area contributed by atoms with Gasteiger partial charge in [-0.3, -0.25) is 4.90 Å². The van der Waals surface area contributed by atoms with Gasteiger partial charge in [-0.25, -0.2) is 4.79 Å². The summed E-state index contributed by atoms with van der Waals surface area (Å²) in [5.41, 5.74) is -0.359. The number of hydrogen-bond acceptors (Lipinski definition) is 4. The number of benzene rings is 1. The Morgan fingerprint density at radius 3 is 2.65 bits per heavy atom. The Bertz CT molecular complexity index is 463. The number of carbonyl (C=O) groups is 1. The Morgan fingerprint density at radius 2 is 2.00 bits per heavy atom. The monoisotopic (exact) mass is 279 g/mol. The number of rotatable bonds is 5. The summed E-state index contributed by atoms with van der Waals surface area (Å²) in [4.78, 5) is 13.3. The number of piperidine rings is 1. The van der Waals surface area contributed by atoms with Crippen LogP contribution in [0.2, 0.25) is 0 Å². The Hall–Kier alpha value is -1.59. The topological polar surface area (TPSA) is 70.0 Å². The van der Waals surface area contributed by atoms with Crippen LogP contribution in [0.4, 0.5) is 0 Å². The van der Waals surface area contributed by atoms with Crippen LogP contribution in [0.25, 0.3) is 0 Å². The molecule has 1 aliphatic heterocycles. The maximum absolute atomic E-state index is 11.0. The highest BCUT2D eigenvalue weighted by Gasteiger charge is 2.26. The lowest BCUT2D eigenvalue weighted by Gasteiger charge is -2.35. The fourth-order valence-electron chi connectivity index (χ4n) is 2.31. The molecule has 0 unspecified atom stereocenters. The van der Waals surface area contributed by atoms with Crippen LogP contribution >= 0.6 is 0 Å². The molecule has 0 atom stereocenters. The minimum Gasteiger partial charge on any atom is -0.491 e. The van der Waals surface area contributed by atoms with E-state index in [1.165, 1.54) is 6.07 Å². The third-order valence-electron chi connectivity index (χ3n) is 3.72. The Labute approximate surface area is 118 Å². The first kappa shape index (κ1) is 14.8. The second kappa shape index (κ2) is 6.24. The lowest BCUT2D eigenvalue weighted by atomic mass is 9.94. The number of carboxylic acid groups (broad SMARTS) is 1. The standard InChI is InChI=1S/C15H21NO4/c1-15(19)6-8-16(9-7-15)10-11-20-13-5-3-2-4-12(13)14(17)18/h2-5,19H,6-11H2,1H3,(H,17,18). The van der Waals surface area contributed by atoms with Gasteiger partial charge < -0.3 is 14.9 Å². The number of carboxylic acids is 1. The summed E-state index contributed by atoms with van der Waals surface area (Å²) in [6.45, 7) is 4.74. The van der Waals surface area contributed by atoms with Crippen LogP contribution in [0.15, 0.2) is 24.3 Å². The van der Waals surface area contributed by atoms with E-state index in [1.807, 2.05) is 6.92 Å². The highest BCUT2D eigenvalue weighted by atomic mass is 16.5. The third-order valence-corrected chi connectivity index (χ3v) is 3.72. The average Bonchev–Trinajstić information content (AvgIpc) is 2.41. The van der Waals surface area contributed by atoms with Gasteiger partial charge in [-0.15, -0.1) is 0 Å². The van der Waals surface area contributed by atoms with Crippen molar-refractivity contribution in [1.82, 2.24) is 4.90 Å². The van der Waals surface area contributed by atoms with E-state index >= 15 is 0 Å². The second-order valence-corrected chi connectivity index (χ2v) is 5.49. The lowest BCUT2D eigenvalue weighted by Crippen LogP contribution is -2.43. The zero-order valence-electron chi connectivity index (χ0n) is 11.7. The van der Waals surface area contributed by atoms with Crippen LogP contribution in [0.5, 0.6) is 5.75 Å². The first-order valence-electron chi connectivity index (χ1n) is 6.88. The van der Waals surface area contributed by atoms with Gasteiger partial charge >= 0.3 is 5.97 Å². The quantitative estimate of drug-likeness (QED) is 0.857. The van der Waals surface area contributed by atoms with Crippen molar-refractivity contribution in [2.24, 2.45) is 0 Å². The number of ether oxygens (including phenoxy) is 1. The van der Waals surface area contributed by atoms with Gasteiger partial charge in [0.2, 0.25) is 0 Å². The minimum absolute atomic E-state index is 0.189. The number of nitrogens with zero attached hydrogens (tertiary/aromatic N) is 1. The van der Waals surface area contributed by atoms with Gasteiger partial charge in [0.05, 0.1) is 5.60 Å². The molecule has 2 rings (SSSR count). The van der Waals surface area contributed by atoms with Gasteiger partial charge in [-0.2, -0.15) is 0 Å². The fraction of sp³-hybridized carbons (Fsp3) is 0.533. The molecule has 0 aliphatic carbocycles. The summed E-state index contributed by atoms with van der Waals surface area (Å²) in [6.07, 6.45) is 1.53. The van der Waals surface area contributed by atoms with Crippen LogP contribution in [0.1, 0.15) is 30.1 Å². The Morgan fingerprint density at radius 1 is 1.35 bits per heavy atom. The van der Waals surface area contributed by atoms with Crippen molar-refractivity contribution in [3.8, 4) is 5.75 Å². The van der Waals surface area contributed by atoms with E-state index in [9.17, 15) is 9.90 Å². The molecule has 1 fully saturated rings. The summed E-state index contributed by atoms with van der Waals surface area (Å²) in [5.74, 6) is -0.571. The van der Waals surface area contributed by atoms with E-state index in [1.54, 1.807) is 18.2 Å². The number of para-hydroxylation sites is 1. The lowest BCUT2D eigenvalue weighted by molar-refractivity contribution is -0.00773. The van der Waals surface area contributed by atoms with E-state index in [0.717, 1.165) is 32.5 Å². The summed E-state index contributed by atoms with van der Waals surface area (Å²) in [7, 11) is 0. The molecule has 0 spiro atoms. The molecule has 1 heterocycles. The van der Waals surface area contributed by atoms with E-state index in [0.29, 0.717) is 12.4 Å². The highest BCUT2D eigenvalue weighted by Crippen LogP contribution is 2.21. The van der Waals surface area contributed by atoms with Gasteiger partial charge in [0.15, 0.2) is 0 Å². The molecular weight excluding hydrogens is 258 g/mol. The van der Waals surface area contributed by atoms with Gasteiger partial charge in [0.25, 0.3) is 0 Å². The van der Waals surface area contributed by atoms with E-state index in [2.05, 4.69) is 4.90 Å². The third kappa shape index (κ3) is 3.95. The Kier molecular flexibility index (Phi) is 4.62. The van der Waals surface area contributed by atoms with E-state index < -0.39 is 11.6 Å². The van der Waals surface area contributed by atoms with Crippen molar-refractivity contribution in [3.63, 3.8) is 0 Å². The number of hydrogen-bond donors (Lipinski definition) is 2. The number of likely N-dealkylation sites (tertiary alicyclic amines) is 1. The van der Waals surface area contributed by atoms with Crippen LogP contribution in [-0.2, 0) is 0 Å². The molecule has 0 aromatic heterocycles. The Balaban J connectivity index is 1.81. The normalized spacial score (nSPS) is 18.7. The zero-order chi connectivity index (χ0) is 14.6. The van der Waals surface area contributed by atoms with Crippen molar-refractivity contribution in [1.29, 1.82) is 0 Å². The molecule has 0 saturated carbocycles. The smallest absolute Gasteiger partial charge is 0.339 e. The molecule has 20 heavy (non-hydrogen) atoms. The van der Waals surface area contributed by atoms with Gasteiger partial charge in [0, 0.05) is 19.6 Å². The van der Waals surface area contributed by atoms with Crippen molar-refractivity contribution in [2.75, 3.05) is 26.2 Å². The molecule has 0 bridgehead atoms. The molecule has 0 amide bonds. The summed E-state index contributed by atoms with van der Waals surface area (Å²) in [6, 6.07) is 6.66. The molecular formula is C15H21NO4. The largest absolute Gasteiger partial charge is 0.491 e. The summed E-state index contributed by atoms with van der Waals surface area (Å²) in [5, 5.41) is 18.9. The molecule has 110 valence electrons. The average molecular weight is 279 g/mol. The first-order chi connectivity index (χ1) is 9.48. The molecule has 5 nitrogen and oxygen atoms in total. The molecule has 5 heteroatoms. The van der Waals surface area contributed by atoms with E-state index in [-0.39, 0.29) is 5.56 Å². The molecule has 2 N–H and O–H groups in total. The molecule has 1 saturated heterocycles. The fourth-order valence-corrected chi connectivity index (χ4v) is 2.31. The van der Waals surface area contributed by atoms with Gasteiger partial charge in [-0.05, 0) is 31.9 Å². The predicted octanol–water partition coefficient (Wildman–Crippen LogP) is 1.61. The van der Waals surface area contributed by atoms with Gasteiger partial charge in [0.1, 0.15) is 17.9 Å². The molecule has 1 aromatic carbocycles. The maximum atomic E-state index is 11.0. The SMILES string of the molecule is CC1(O)CCN(CCOc2ccccc2C(=O)O)CC1. The second-order valence-electron chi connectivity index (χ2n) is 5.49. The summed E-state index contributed by atoms with van der Waals surface area (Å²) >= 11 is 0. The number of aromatic carboxylic acids is 1. The maximum Gasteiger partial charge on any atom is 0.339 e. The zero-order valence-corrected chi connectivity index (χ0v) is 11.7.